The summed E-state index contributed by atoms with van der Waals surface area (Å²) in [6.07, 6.45) is 4.95. The van der Waals surface area contributed by atoms with Gasteiger partial charge in [0.1, 0.15) is 0 Å². The van der Waals surface area contributed by atoms with E-state index in [1.54, 1.807) is 14.2 Å². The highest BCUT2D eigenvalue weighted by Gasteiger charge is 2.36. The van der Waals surface area contributed by atoms with Crippen molar-refractivity contribution >= 4 is 0 Å². The average Bonchev–Trinajstić information content (AvgIpc) is 2.26. The van der Waals surface area contributed by atoms with E-state index in [0.29, 0.717) is 12.3 Å². The van der Waals surface area contributed by atoms with E-state index in [9.17, 15) is 5.11 Å². The smallest absolute Gasteiger partial charge is 0.159 e. The molecule has 0 bridgehead atoms. The van der Waals surface area contributed by atoms with Gasteiger partial charge in [-0.3, -0.25) is 0 Å². The normalized spacial score (nSPS) is 30.4. The summed E-state index contributed by atoms with van der Waals surface area (Å²) in [5.74, 6) is 1.20. The highest BCUT2D eigenvalue weighted by molar-refractivity contribution is 4.86. The quantitative estimate of drug-likeness (QED) is 0.738. The van der Waals surface area contributed by atoms with Crippen LogP contribution in [0.4, 0.5) is 0 Å². The van der Waals surface area contributed by atoms with Gasteiger partial charge in [-0.05, 0) is 31.6 Å². The summed E-state index contributed by atoms with van der Waals surface area (Å²) in [6, 6.07) is 0. The molecule has 0 amide bonds. The number of ether oxygens (including phenoxy) is 2. The van der Waals surface area contributed by atoms with Gasteiger partial charge in [0.15, 0.2) is 6.29 Å². The van der Waals surface area contributed by atoms with Gasteiger partial charge in [-0.1, -0.05) is 19.8 Å². The Hall–Kier alpha value is -0.120. The van der Waals surface area contributed by atoms with Crippen LogP contribution in [-0.4, -0.2) is 31.2 Å². The standard InChI is InChI=1S/C13H26O3/c1-10-5-7-11(8-6-10)13(2,14)9-12(15-3)16-4/h10-12,14H,5-9H2,1-4H3. The van der Waals surface area contributed by atoms with Crippen LogP contribution in [0.3, 0.4) is 0 Å². The fourth-order valence-corrected chi connectivity index (χ4v) is 2.65. The SMILES string of the molecule is COC(CC(C)(O)C1CCC(C)CC1)OC. The van der Waals surface area contributed by atoms with E-state index in [1.165, 1.54) is 12.8 Å². The molecular weight excluding hydrogens is 204 g/mol. The first kappa shape index (κ1) is 13.9. The van der Waals surface area contributed by atoms with E-state index >= 15 is 0 Å². The molecule has 1 atom stereocenters. The Bertz CT molecular complexity index is 191. The third-order valence-electron chi connectivity index (χ3n) is 4.00. The molecule has 0 saturated heterocycles. The molecule has 0 aromatic rings. The largest absolute Gasteiger partial charge is 0.390 e. The number of aliphatic hydroxyl groups is 1. The predicted molar refractivity (Wildman–Crippen MR) is 64.2 cm³/mol. The van der Waals surface area contributed by atoms with Crippen LogP contribution in [0.5, 0.6) is 0 Å². The summed E-state index contributed by atoms with van der Waals surface area (Å²) >= 11 is 0. The van der Waals surface area contributed by atoms with Crippen LogP contribution in [0.15, 0.2) is 0 Å². The molecule has 3 heteroatoms. The molecule has 0 heterocycles. The Morgan fingerprint density at radius 3 is 2.12 bits per heavy atom. The van der Waals surface area contributed by atoms with Crippen molar-refractivity contribution in [2.75, 3.05) is 14.2 Å². The number of hydrogen-bond donors (Lipinski definition) is 1. The van der Waals surface area contributed by atoms with Gasteiger partial charge in [0.25, 0.3) is 0 Å². The Morgan fingerprint density at radius 1 is 1.19 bits per heavy atom. The zero-order valence-electron chi connectivity index (χ0n) is 11.0. The van der Waals surface area contributed by atoms with Gasteiger partial charge in [-0.2, -0.15) is 0 Å². The third-order valence-corrected chi connectivity index (χ3v) is 4.00. The summed E-state index contributed by atoms with van der Waals surface area (Å²) < 4.78 is 10.3. The predicted octanol–water partition coefficient (Wildman–Crippen LogP) is 2.57. The minimum Gasteiger partial charge on any atom is -0.390 e. The van der Waals surface area contributed by atoms with Crippen LogP contribution in [0.1, 0.15) is 46.0 Å². The summed E-state index contributed by atoms with van der Waals surface area (Å²) in [5, 5.41) is 10.5. The molecule has 0 radical (unpaired) electrons. The van der Waals surface area contributed by atoms with Gasteiger partial charge in [-0.25, -0.2) is 0 Å². The molecule has 0 aromatic heterocycles. The number of hydrogen-bond acceptors (Lipinski definition) is 3. The number of methoxy groups -OCH3 is 2. The minimum atomic E-state index is -0.670. The maximum absolute atomic E-state index is 10.5. The van der Waals surface area contributed by atoms with Crippen molar-refractivity contribution in [3.05, 3.63) is 0 Å². The van der Waals surface area contributed by atoms with Crippen molar-refractivity contribution in [1.82, 2.24) is 0 Å². The second-order valence-electron chi connectivity index (χ2n) is 5.42. The lowest BCUT2D eigenvalue weighted by Crippen LogP contribution is -2.40. The van der Waals surface area contributed by atoms with E-state index in [-0.39, 0.29) is 6.29 Å². The Morgan fingerprint density at radius 2 is 1.69 bits per heavy atom. The molecule has 1 saturated carbocycles. The van der Waals surface area contributed by atoms with E-state index < -0.39 is 5.60 Å². The van der Waals surface area contributed by atoms with E-state index in [0.717, 1.165) is 18.8 Å². The lowest BCUT2D eigenvalue weighted by atomic mass is 9.73. The van der Waals surface area contributed by atoms with Crippen LogP contribution in [0, 0.1) is 11.8 Å². The van der Waals surface area contributed by atoms with Crippen molar-refractivity contribution in [2.45, 2.75) is 57.8 Å². The first-order valence-corrected chi connectivity index (χ1v) is 6.27. The molecule has 96 valence electrons. The van der Waals surface area contributed by atoms with Crippen LogP contribution in [0.25, 0.3) is 0 Å². The zero-order valence-corrected chi connectivity index (χ0v) is 11.0. The molecular formula is C13H26O3. The topological polar surface area (TPSA) is 38.7 Å². The van der Waals surface area contributed by atoms with Gasteiger partial charge in [0.2, 0.25) is 0 Å². The highest BCUT2D eigenvalue weighted by atomic mass is 16.7. The Kier molecular flexibility index (Phi) is 5.22. The summed E-state index contributed by atoms with van der Waals surface area (Å²) in [6.45, 7) is 4.21. The molecule has 0 aromatic carbocycles. The van der Waals surface area contributed by atoms with Crippen molar-refractivity contribution in [1.29, 1.82) is 0 Å². The van der Waals surface area contributed by atoms with Crippen molar-refractivity contribution < 1.29 is 14.6 Å². The lowest BCUT2D eigenvalue weighted by Gasteiger charge is -2.38. The highest BCUT2D eigenvalue weighted by Crippen LogP contribution is 2.37. The Balaban J connectivity index is 2.49. The first-order valence-electron chi connectivity index (χ1n) is 6.27. The van der Waals surface area contributed by atoms with Crippen LogP contribution >= 0.6 is 0 Å². The van der Waals surface area contributed by atoms with Crippen molar-refractivity contribution in [3.63, 3.8) is 0 Å². The van der Waals surface area contributed by atoms with Gasteiger partial charge in [-0.15, -0.1) is 0 Å². The van der Waals surface area contributed by atoms with Crippen LogP contribution in [0.2, 0.25) is 0 Å². The van der Waals surface area contributed by atoms with Crippen molar-refractivity contribution in [3.8, 4) is 0 Å². The third kappa shape index (κ3) is 3.72. The van der Waals surface area contributed by atoms with Crippen LogP contribution < -0.4 is 0 Å². The zero-order chi connectivity index (χ0) is 12.2. The summed E-state index contributed by atoms with van der Waals surface area (Å²) in [7, 11) is 3.24. The number of rotatable bonds is 5. The molecule has 1 aliphatic rings. The molecule has 0 spiro atoms. The Labute approximate surface area is 99.1 Å². The van der Waals surface area contributed by atoms with E-state index in [4.69, 9.17) is 9.47 Å². The molecule has 1 N–H and O–H groups in total. The molecule has 0 aliphatic heterocycles. The van der Waals surface area contributed by atoms with E-state index in [1.807, 2.05) is 6.92 Å². The molecule has 16 heavy (non-hydrogen) atoms. The van der Waals surface area contributed by atoms with Crippen molar-refractivity contribution in [2.24, 2.45) is 11.8 Å². The van der Waals surface area contributed by atoms with E-state index in [2.05, 4.69) is 6.92 Å². The molecule has 1 rings (SSSR count). The van der Waals surface area contributed by atoms with Gasteiger partial charge in [0, 0.05) is 20.6 Å². The van der Waals surface area contributed by atoms with Gasteiger partial charge < -0.3 is 14.6 Å². The molecule has 1 aliphatic carbocycles. The second-order valence-corrected chi connectivity index (χ2v) is 5.42. The monoisotopic (exact) mass is 230 g/mol. The molecule has 1 fully saturated rings. The lowest BCUT2D eigenvalue weighted by molar-refractivity contribution is -0.155. The maximum atomic E-state index is 10.5. The fraction of sp³-hybridized carbons (Fsp3) is 1.00. The van der Waals surface area contributed by atoms with Gasteiger partial charge in [0.05, 0.1) is 5.60 Å². The maximum Gasteiger partial charge on any atom is 0.159 e. The molecule has 1 unspecified atom stereocenters. The minimum absolute atomic E-state index is 0.297. The molecule has 3 nitrogen and oxygen atoms in total. The summed E-state index contributed by atoms with van der Waals surface area (Å²) in [4.78, 5) is 0. The first-order chi connectivity index (χ1) is 7.49. The second kappa shape index (κ2) is 5.99. The summed E-state index contributed by atoms with van der Waals surface area (Å²) in [5.41, 5.74) is -0.670. The van der Waals surface area contributed by atoms with Gasteiger partial charge >= 0.3 is 0 Å². The average molecular weight is 230 g/mol. The van der Waals surface area contributed by atoms with Crippen LogP contribution in [-0.2, 0) is 9.47 Å². The fourth-order valence-electron chi connectivity index (χ4n) is 2.65.